The third-order valence-corrected chi connectivity index (χ3v) is 4.62. The molecule has 0 aliphatic rings. The molecule has 3 rings (SSSR count). The van der Waals surface area contributed by atoms with Crippen molar-refractivity contribution in [2.75, 3.05) is 13.7 Å². The lowest BCUT2D eigenvalue weighted by Gasteiger charge is -2.13. The number of ether oxygens (including phenoxy) is 2. The SMILES string of the molecule is COc1ccccc1OCCCn1c(C(C)O)nc2cc(C)c(C)cc21. The van der Waals surface area contributed by atoms with Crippen molar-refractivity contribution < 1.29 is 14.6 Å². The highest BCUT2D eigenvalue weighted by Crippen LogP contribution is 2.27. The quantitative estimate of drug-likeness (QED) is 0.647. The van der Waals surface area contributed by atoms with E-state index < -0.39 is 6.10 Å². The van der Waals surface area contributed by atoms with Gasteiger partial charge in [-0.2, -0.15) is 0 Å². The number of aliphatic hydroxyl groups excluding tert-OH is 1. The predicted molar refractivity (Wildman–Crippen MR) is 103 cm³/mol. The molecule has 1 N–H and O–H groups in total. The molecule has 1 heterocycles. The second-order valence-electron chi connectivity index (χ2n) is 6.58. The van der Waals surface area contributed by atoms with E-state index in [0.29, 0.717) is 12.4 Å². The first kappa shape index (κ1) is 18.3. The summed E-state index contributed by atoms with van der Waals surface area (Å²) in [7, 11) is 1.64. The number of hydrogen-bond donors (Lipinski definition) is 1. The number of aliphatic hydroxyl groups is 1. The van der Waals surface area contributed by atoms with E-state index >= 15 is 0 Å². The summed E-state index contributed by atoms with van der Waals surface area (Å²) < 4.78 is 13.3. The van der Waals surface area contributed by atoms with Gasteiger partial charge in [0, 0.05) is 6.54 Å². The Kier molecular flexibility index (Phi) is 5.47. The van der Waals surface area contributed by atoms with Crippen molar-refractivity contribution in [3.05, 3.63) is 53.3 Å². The van der Waals surface area contributed by atoms with Crippen LogP contribution in [0.15, 0.2) is 36.4 Å². The Labute approximate surface area is 154 Å². The monoisotopic (exact) mass is 354 g/mol. The van der Waals surface area contributed by atoms with Crippen LogP contribution in [0, 0.1) is 13.8 Å². The standard InChI is InChI=1S/C21H26N2O3/c1-14-12-17-18(13-15(14)2)23(21(22-17)16(3)24)10-7-11-26-20-9-6-5-8-19(20)25-4/h5-6,8-9,12-13,16,24H,7,10-11H2,1-4H3. The molecule has 2 aromatic carbocycles. The first-order valence-corrected chi connectivity index (χ1v) is 8.92. The highest BCUT2D eigenvalue weighted by molar-refractivity contribution is 5.78. The van der Waals surface area contributed by atoms with Crippen molar-refractivity contribution in [3.63, 3.8) is 0 Å². The molecule has 5 nitrogen and oxygen atoms in total. The number of aromatic nitrogens is 2. The number of rotatable bonds is 7. The van der Waals surface area contributed by atoms with Crippen LogP contribution in [0.3, 0.4) is 0 Å². The summed E-state index contributed by atoms with van der Waals surface area (Å²) in [5.74, 6) is 2.17. The van der Waals surface area contributed by atoms with Gasteiger partial charge in [-0.05, 0) is 62.6 Å². The molecule has 26 heavy (non-hydrogen) atoms. The molecular weight excluding hydrogens is 328 g/mol. The van der Waals surface area contributed by atoms with Gasteiger partial charge in [0.25, 0.3) is 0 Å². The number of aryl methyl sites for hydroxylation is 3. The Morgan fingerprint density at radius 2 is 1.81 bits per heavy atom. The summed E-state index contributed by atoms with van der Waals surface area (Å²) in [6.07, 6.45) is 0.189. The van der Waals surface area contributed by atoms with Crippen LogP contribution in [0.25, 0.3) is 11.0 Å². The second-order valence-corrected chi connectivity index (χ2v) is 6.58. The molecular formula is C21H26N2O3. The van der Waals surface area contributed by atoms with E-state index in [4.69, 9.17) is 9.47 Å². The van der Waals surface area contributed by atoms with E-state index in [2.05, 4.69) is 35.5 Å². The lowest BCUT2D eigenvalue weighted by Crippen LogP contribution is -2.10. The molecule has 3 aromatic rings. The molecule has 5 heteroatoms. The number of methoxy groups -OCH3 is 1. The Hall–Kier alpha value is -2.53. The van der Waals surface area contributed by atoms with Gasteiger partial charge in [0.1, 0.15) is 11.9 Å². The minimum Gasteiger partial charge on any atom is -0.493 e. The topological polar surface area (TPSA) is 56.5 Å². The summed E-state index contributed by atoms with van der Waals surface area (Å²) in [6.45, 7) is 7.22. The number of hydrogen-bond acceptors (Lipinski definition) is 4. The fraction of sp³-hybridized carbons (Fsp3) is 0.381. The normalized spacial score (nSPS) is 12.3. The third kappa shape index (κ3) is 3.68. The van der Waals surface area contributed by atoms with Gasteiger partial charge in [-0.3, -0.25) is 0 Å². The minimum atomic E-state index is -0.613. The van der Waals surface area contributed by atoms with Gasteiger partial charge in [-0.15, -0.1) is 0 Å². The second kappa shape index (κ2) is 7.79. The number of benzene rings is 2. The van der Waals surface area contributed by atoms with Crippen LogP contribution in [-0.4, -0.2) is 28.4 Å². The van der Waals surface area contributed by atoms with Crippen LogP contribution in [0.2, 0.25) is 0 Å². The smallest absolute Gasteiger partial charge is 0.161 e. The van der Waals surface area contributed by atoms with Gasteiger partial charge in [0.2, 0.25) is 0 Å². The van der Waals surface area contributed by atoms with Crippen molar-refractivity contribution in [2.24, 2.45) is 0 Å². The highest BCUT2D eigenvalue weighted by Gasteiger charge is 2.15. The van der Waals surface area contributed by atoms with Gasteiger partial charge in [-0.25, -0.2) is 4.98 Å². The van der Waals surface area contributed by atoms with E-state index in [1.807, 2.05) is 24.3 Å². The zero-order valence-electron chi connectivity index (χ0n) is 15.8. The molecule has 1 aromatic heterocycles. The maximum absolute atomic E-state index is 10.1. The molecule has 0 saturated heterocycles. The van der Waals surface area contributed by atoms with E-state index in [1.165, 1.54) is 11.1 Å². The molecule has 0 saturated carbocycles. The van der Waals surface area contributed by atoms with Crippen molar-refractivity contribution in [3.8, 4) is 11.5 Å². The van der Waals surface area contributed by atoms with E-state index in [-0.39, 0.29) is 0 Å². The largest absolute Gasteiger partial charge is 0.493 e. The lowest BCUT2D eigenvalue weighted by molar-refractivity contribution is 0.183. The number of nitrogens with zero attached hydrogens (tertiary/aromatic N) is 2. The Morgan fingerprint density at radius 3 is 2.50 bits per heavy atom. The van der Waals surface area contributed by atoms with Crippen LogP contribution >= 0.6 is 0 Å². The molecule has 1 unspecified atom stereocenters. The van der Waals surface area contributed by atoms with Gasteiger partial charge >= 0.3 is 0 Å². The summed E-state index contributed by atoms with van der Waals surface area (Å²) in [6, 6.07) is 11.9. The number of fused-ring (bicyclic) bond motifs is 1. The van der Waals surface area contributed by atoms with Crippen LogP contribution in [0.1, 0.15) is 36.4 Å². The van der Waals surface area contributed by atoms with E-state index in [0.717, 1.165) is 35.5 Å². The highest BCUT2D eigenvalue weighted by atomic mass is 16.5. The predicted octanol–water partition coefficient (Wildman–Crippen LogP) is 4.18. The van der Waals surface area contributed by atoms with Gasteiger partial charge in [0.15, 0.2) is 11.5 Å². The fourth-order valence-corrected chi connectivity index (χ4v) is 3.10. The molecule has 0 aliphatic carbocycles. The van der Waals surface area contributed by atoms with Crippen LogP contribution in [0.5, 0.6) is 11.5 Å². The van der Waals surface area contributed by atoms with Crippen LogP contribution in [0.4, 0.5) is 0 Å². The maximum Gasteiger partial charge on any atom is 0.161 e. The average Bonchev–Trinajstić information content (AvgIpc) is 2.97. The zero-order chi connectivity index (χ0) is 18.7. The Morgan fingerprint density at radius 1 is 1.12 bits per heavy atom. The van der Waals surface area contributed by atoms with Crippen molar-refractivity contribution >= 4 is 11.0 Å². The summed E-state index contributed by atoms with van der Waals surface area (Å²) >= 11 is 0. The molecule has 0 spiro atoms. The van der Waals surface area contributed by atoms with Crippen LogP contribution < -0.4 is 9.47 Å². The van der Waals surface area contributed by atoms with E-state index in [9.17, 15) is 5.11 Å². The zero-order valence-corrected chi connectivity index (χ0v) is 15.8. The maximum atomic E-state index is 10.1. The first-order valence-electron chi connectivity index (χ1n) is 8.92. The molecule has 138 valence electrons. The Balaban J connectivity index is 1.75. The average molecular weight is 354 g/mol. The third-order valence-electron chi connectivity index (χ3n) is 4.62. The molecule has 0 radical (unpaired) electrons. The minimum absolute atomic E-state index is 0.560. The van der Waals surface area contributed by atoms with Crippen molar-refractivity contribution in [1.82, 2.24) is 9.55 Å². The first-order chi connectivity index (χ1) is 12.5. The van der Waals surface area contributed by atoms with E-state index in [1.54, 1.807) is 14.0 Å². The van der Waals surface area contributed by atoms with Gasteiger partial charge in [0.05, 0.1) is 24.8 Å². The molecule has 1 atom stereocenters. The number of para-hydroxylation sites is 2. The molecule has 0 aliphatic heterocycles. The van der Waals surface area contributed by atoms with Gasteiger partial charge < -0.3 is 19.1 Å². The molecule has 0 amide bonds. The summed E-state index contributed by atoms with van der Waals surface area (Å²) in [5.41, 5.74) is 4.41. The Bertz CT molecular complexity index is 900. The van der Waals surface area contributed by atoms with Crippen LogP contribution in [-0.2, 0) is 6.54 Å². The fourth-order valence-electron chi connectivity index (χ4n) is 3.10. The molecule has 0 fully saturated rings. The lowest BCUT2D eigenvalue weighted by atomic mass is 10.1. The van der Waals surface area contributed by atoms with Crippen molar-refractivity contribution in [1.29, 1.82) is 0 Å². The molecule has 0 bridgehead atoms. The summed E-state index contributed by atoms with van der Waals surface area (Å²) in [4.78, 5) is 4.63. The number of imidazole rings is 1. The van der Waals surface area contributed by atoms with Gasteiger partial charge in [-0.1, -0.05) is 12.1 Å². The van der Waals surface area contributed by atoms with Crippen molar-refractivity contribution in [2.45, 2.75) is 39.8 Å². The summed E-state index contributed by atoms with van der Waals surface area (Å²) in [5, 5.41) is 10.1.